The molecule has 0 spiro atoms. The van der Waals surface area contributed by atoms with E-state index in [2.05, 4.69) is 43.8 Å². The van der Waals surface area contributed by atoms with Crippen molar-refractivity contribution in [1.29, 1.82) is 5.26 Å². The molecule has 0 bridgehead atoms. The van der Waals surface area contributed by atoms with Crippen molar-refractivity contribution in [2.75, 3.05) is 20.3 Å². The molecule has 0 aromatic heterocycles. The molecule has 1 aliphatic rings. The van der Waals surface area contributed by atoms with Crippen molar-refractivity contribution in [2.45, 2.75) is 70.5 Å². The third-order valence-electron chi connectivity index (χ3n) is 3.73. The first kappa shape index (κ1) is 21.8. The first-order valence-corrected chi connectivity index (χ1v) is 9.40. The van der Waals surface area contributed by atoms with Crippen LogP contribution >= 0.6 is 8.53 Å². The summed E-state index contributed by atoms with van der Waals surface area (Å²) in [5.74, 6) is 0. The minimum Gasteiger partial charge on any atom is -0.378 e. The van der Waals surface area contributed by atoms with Gasteiger partial charge in [-0.25, -0.2) is 9.06 Å². The number of hydrogen-bond acceptors (Lipinski definition) is 6. The number of rotatable bonds is 10. The van der Waals surface area contributed by atoms with E-state index in [0.717, 1.165) is 0 Å². The minimum absolute atomic E-state index is 0.174. The van der Waals surface area contributed by atoms with Crippen molar-refractivity contribution in [1.82, 2.24) is 9.99 Å². The molecule has 1 rings (SSSR count). The van der Waals surface area contributed by atoms with Crippen molar-refractivity contribution in [3.8, 4) is 6.07 Å². The molecule has 1 aliphatic heterocycles. The highest BCUT2D eigenvalue weighted by Gasteiger charge is 2.42. The van der Waals surface area contributed by atoms with E-state index >= 15 is 0 Å². The summed E-state index contributed by atoms with van der Waals surface area (Å²) in [4.78, 5) is 0. The Kier molecular flexibility index (Phi) is 9.65. The van der Waals surface area contributed by atoms with Gasteiger partial charge >= 0.3 is 0 Å². The standard InChI is InChI=1S/C15H28BFN3O3P/c1-10(2)20(11(3)4)24(21-8-6-7-18)22-9-12-14(19-5)13(17)15(16)23-12/h10-15,19H,6,8-9H2,1-5H3. The van der Waals surface area contributed by atoms with Crippen LogP contribution in [-0.4, -0.2) is 69.2 Å². The van der Waals surface area contributed by atoms with Gasteiger partial charge in [-0.05, 0) is 34.7 Å². The molecule has 1 N–H and O–H groups in total. The molecule has 0 amide bonds. The Hall–Kier alpha value is -0.285. The molecule has 0 aliphatic carbocycles. The Morgan fingerprint density at radius 3 is 2.46 bits per heavy atom. The molecule has 1 fully saturated rings. The summed E-state index contributed by atoms with van der Waals surface area (Å²) in [5, 5.41) is 11.6. The highest BCUT2D eigenvalue weighted by Crippen LogP contribution is 2.46. The van der Waals surface area contributed by atoms with Gasteiger partial charge in [0.05, 0.1) is 37.8 Å². The number of hydrogen-bond donors (Lipinski definition) is 1. The molecule has 0 aromatic rings. The van der Waals surface area contributed by atoms with E-state index in [1.165, 1.54) is 0 Å². The molecule has 9 heteroatoms. The highest BCUT2D eigenvalue weighted by molar-refractivity contribution is 7.44. The molecular formula is C15H28BFN3O3P. The predicted octanol–water partition coefficient (Wildman–Crippen LogP) is 2.10. The van der Waals surface area contributed by atoms with Crippen LogP contribution in [0.15, 0.2) is 0 Å². The summed E-state index contributed by atoms with van der Waals surface area (Å²) >= 11 is 0. The van der Waals surface area contributed by atoms with Gasteiger partial charge in [0.1, 0.15) is 14.0 Å². The third-order valence-corrected chi connectivity index (χ3v) is 5.81. The van der Waals surface area contributed by atoms with E-state index in [0.29, 0.717) is 13.0 Å². The molecule has 136 valence electrons. The molecule has 2 radical (unpaired) electrons. The molecule has 5 unspecified atom stereocenters. The van der Waals surface area contributed by atoms with Crippen LogP contribution in [0.4, 0.5) is 4.39 Å². The van der Waals surface area contributed by atoms with Gasteiger partial charge in [-0.15, -0.1) is 0 Å². The maximum atomic E-state index is 14.0. The largest absolute Gasteiger partial charge is 0.378 e. The summed E-state index contributed by atoms with van der Waals surface area (Å²) in [5.41, 5.74) is 0. The lowest BCUT2D eigenvalue weighted by atomic mass is 9.93. The lowest BCUT2D eigenvalue weighted by molar-refractivity contribution is 0.0327. The van der Waals surface area contributed by atoms with Crippen molar-refractivity contribution in [3.05, 3.63) is 0 Å². The second-order valence-corrected chi connectivity index (χ2v) is 7.69. The Bertz CT molecular complexity index is 406. The van der Waals surface area contributed by atoms with Crippen LogP contribution in [0.5, 0.6) is 0 Å². The van der Waals surface area contributed by atoms with Crippen molar-refractivity contribution >= 4 is 16.4 Å². The van der Waals surface area contributed by atoms with Crippen molar-refractivity contribution in [3.63, 3.8) is 0 Å². The van der Waals surface area contributed by atoms with Crippen LogP contribution in [0, 0.1) is 11.3 Å². The quantitative estimate of drug-likeness (QED) is 0.366. The molecule has 5 atom stereocenters. The normalized spacial score (nSPS) is 28.7. The smallest absolute Gasteiger partial charge is 0.259 e. The zero-order valence-electron chi connectivity index (χ0n) is 15.1. The monoisotopic (exact) mass is 359 g/mol. The fourth-order valence-corrected chi connectivity index (χ4v) is 4.33. The van der Waals surface area contributed by atoms with Gasteiger partial charge in [-0.1, -0.05) is 0 Å². The number of nitrogens with one attached hydrogen (secondary N) is 1. The maximum Gasteiger partial charge on any atom is 0.259 e. The predicted molar refractivity (Wildman–Crippen MR) is 93.3 cm³/mol. The third kappa shape index (κ3) is 5.91. The van der Waals surface area contributed by atoms with E-state index < -0.39 is 32.8 Å². The van der Waals surface area contributed by atoms with Crippen LogP contribution in [0.1, 0.15) is 34.1 Å². The lowest BCUT2D eigenvalue weighted by Gasteiger charge is -2.36. The van der Waals surface area contributed by atoms with Gasteiger partial charge in [-0.3, -0.25) is 0 Å². The molecule has 1 saturated heterocycles. The molecule has 0 saturated carbocycles. The number of nitriles is 1. The van der Waals surface area contributed by atoms with Crippen LogP contribution in [0.2, 0.25) is 0 Å². The average molecular weight is 359 g/mol. The highest BCUT2D eigenvalue weighted by atomic mass is 31.2. The summed E-state index contributed by atoms with van der Waals surface area (Å²) in [6.45, 7) is 8.70. The summed E-state index contributed by atoms with van der Waals surface area (Å²) in [7, 11) is 5.93. The summed E-state index contributed by atoms with van der Waals surface area (Å²) in [6, 6.07) is 1.01. The van der Waals surface area contributed by atoms with Gasteiger partial charge in [0.25, 0.3) is 8.53 Å². The number of halogens is 1. The zero-order chi connectivity index (χ0) is 18.3. The number of ether oxygens (including phenoxy) is 1. The van der Waals surface area contributed by atoms with E-state index in [9.17, 15) is 4.39 Å². The van der Waals surface area contributed by atoms with Crippen LogP contribution < -0.4 is 5.32 Å². The van der Waals surface area contributed by atoms with Crippen molar-refractivity contribution < 1.29 is 18.2 Å². The molecular weight excluding hydrogens is 331 g/mol. The van der Waals surface area contributed by atoms with Gasteiger partial charge in [-0.2, -0.15) is 5.26 Å². The first-order valence-electron chi connectivity index (χ1n) is 8.27. The number of alkyl halides is 1. The van der Waals surface area contributed by atoms with E-state index in [1.54, 1.807) is 7.05 Å². The Labute approximate surface area is 147 Å². The second-order valence-electron chi connectivity index (χ2n) is 6.24. The lowest BCUT2D eigenvalue weighted by Crippen LogP contribution is -2.43. The minimum atomic E-state index is -1.37. The summed E-state index contributed by atoms with van der Waals surface area (Å²) < 4.78 is 33.3. The van der Waals surface area contributed by atoms with E-state index in [4.69, 9.17) is 26.9 Å². The van der Waals surface area contributed by atoms with Crippen LogP contribution in [-0.2, 0) is 13.8 Å². The topological polar surface area (TPSA) is 66.8 Å². The van der Waals surface area contributed by atoms with Crippen molar-refractivity contribution in [2.24, 2.45) is 0 Å². The molecule has 1 heterocycles. The Morgan fingerprint density at radius 2 is 1.96 bits per heavy atom. The second kappa shape index (κ2) is 10.6. The molecule has 6 nitrogen and oxygen atoms in total. The number of nitrogens with zero attached hydrogens (tertiary/aromatic N) is 2. The van der Waals surface area contributed by atoms with Gasteiger partial charge in [0.2, 0.25) is 0 Å². The van der Waals surface area contributed by atoms with Crippen LogP contribution in [0.3, 0.4) is 0 Å². The molecule has 24 heavy (non-hydrogen) atoms. The first-order chi connectivity index (χ1) is 11.3. The Morgan fingerprint density at radius 1 is 1.33 bits per heavy atom. The fourth-order valence-electron chi connectivity index (χ4n) is 2.71. The molecule has 0 aromatic carbocycles. The van der Waals surface area contributed by atoms with Gasteiger partial charge < -0.3 is 19.1 Å². The SMILES string of the molecule is [B]C1OC(COP(OCCC#N)N(C(C)C)C(C)C)C(NC)C1F. The van der Waals surface area contributed by atoms with Gasteiger partial charge in [0, 0.05) is 18.1 Å². The average Bonchev–Trinajstić information content (AvgIpc) is 2.78. The van der Waals surface area contributed by atoms with E-state index in [-0.39, 0.29) is 18.7 Å². The Balaban J connectivity index is 2.72. The maximum absolute atomic E-state index is 14.0. The van der Waals surface area contributed by atoms with E-state index in [1.807, 2.05) is 0 Å². The fraction of sp³-hybridized carbons (Fsp3) is 0.933. The summed E-state index contributed by atoms with van der Waals surface area (Å²) in [6.07, 6.45) is -1.46. The van der Waals surface area contributed by atoms with Gasteiger partial charge in [0.15, 0.2) is 0 Å². The zero-order valence-corrected chi connectivity index (χ0v) is 16.0. The van der Waals surface area contributed by atoms with Crippen LogP contribution in [0.25, 0.3) is 0 Å². The number of likely N-dealkylation sites (N-methyl/N-ethyl adjacent to an activating group) is 1.